The lowest BCUT2D eigenvalue weighted by molar-refractivity contribution is -0.137. The average Bonchev–Trinajstić information content (AvgIpc) is 3.19. The molecule has 3 aromatic rings. The number of rotatable bonds is 5. The number of sulfone groups is 1. The highest BCUT2D eigenvalue weighted by atomic mass is 32.2. The second kappa shape index (κ2) is 8.09. The van der Waals surface area contributed by atoms with Gasteiger partial charge < -0.3 is 4.84 Å². The molecule has 0 N–H and O–H groups in total. The maximum Gasteiger partial charge on any atom is 0.416 e. The molecule has 8 heteroatoms. The van der Waals surface area contributed by atoms with Crippen molar-refractivity contribution in [2.75, 3.05) is 5.75 Å². The molecule has 166 valence electrons. The molecule has 32 heavy (non-hydrogen) atoms. The van der Waals surface area contributed by atoms with Crippen LogP contribution >= 0.6 is 0 Å². The van der Waals surface area contributed by atoms with Gasteiger partial charge in [0.15, 0.2) is 15.4 Å². The summed E-state index contributed by atoms with van der Waals surface area (Å²) in [5, 5.41) is 4.04. The Morgan fingerprint density at radius 1 is 0.969 bits per heavy atom. The second-order valence-corrected chi connectivity index (χ2v) is 9.81. The molecule has 1 aliphatic rings. The first-order valence-electron chi connectivity index (χ1n) is 9.87. The quantitative estimate of drug-likeness (QED) is 0.506. The summed E-state index contributed by atoms with van der Waals surface area (Å²) >= 11 is 0. The fourth-order valence-electron chi connectivity index (χ4n) is 3.70. The summed E-state index contributed by atoms with van der Waals surface area (Å²) in [7, 11) is -3.78. The van der Waals surface area contributed by atoms with E-state index in [1.807, 2.05) is 6.92 Å². The van der Waals surface area contributed by atoms with Crippen molar-refractivity contribution >= 4 is 15.5 Å². The molecule has 1 aliphatic heterocycles. The Morgan fingerprint density at radius 2 is 1.66 bits per heavy atom. The van der Waals surface area contributed by atoms with Gasteiger partial charge in [-0.1, -0.05) is 65.3 Å². The number of alkyl halides is 3. The predicted molar refractivity (Wildman–Crippen MR) is 115 cm³/mol. The lowest BCUT2D eigenvalue weighted by Crippen LogP contribution is -2.35. The zero-order valence-corrected chi connectivity index (χ0v) is 18.0. The van der Waals surface area contributed by atoms with Gasteiger partial charge in [0.25, 0.3) is 0 Å². The van der Waals surface area contributed by atoms with E-state index < -0.39 is 32.9 Å². The van der Waals surface area contributed by atoms with Crippen molar-refractivity contribution in [3.05, 3.63) is 101 Å². The summed E-state index contributed by atoms with van der Waals surface area (Å²) < 4.78 is 65.9. The van der Waals surface area contributed by atoms with E-state index in [9.17, 15) is 21.6 Å². The topological polar surface area (TPSA) is 55.7 Å². The van der Waals surface area contributed by atoms with Crippen molar-refractivity contribution in [1.29, 1.82) is 0 Å². The molecule has 1 atom stereocenters. The van der Waals surface area contributed by atoms with Crippen LogP contribution in [0.1, 0.15) is 28.7 Å². The number of benzene rings is 3. The van der Waals surface area contributed by atoms with Crippen LogP contribution in [-0.2, 0) is 26.5 Å². The smallest absolute Gasteiger partial charge is 0.383 e. The highest BCUT2D eigenvalue weighted by Gasteiger charge is 2.45. The van der Waals surface area contributed by atoms with E-state index in [0.717, 1.165) is 17.7 Å². The standard InChI is InChI=1S/C24H20F3NO3S/c1-17-10-12-21(13-11-17)32(29,30)16-23(19-7-3-2-4-8-19)15-22(28-31-23)18-6-5-9-20(14-18)24(25,26)27/h2-14H,15-16H2,1H3/t23-/m1/s1. The van der Waals surface area contributed by atoms with Crippen LogP contribution in [0.25, 0.3) is 0 Å². The molecule has 4 nitrogen and oxygen atoms in total. The summed E-state index contributed by atoms with van der Waals surface area (Å²) in [6, 6.07) is 20.0. The molecule has 0 aliphatic carbocycles. The predicted octanol–water partition coefficient (Wildman–Crippen LogP) is 5.51. The Bertz CT molecular complexity index is 1250. The first-order valence-corrected chi connectivity index (χ1v) is 11.5. The van der Waals surface area contributed by atoms with Crippen LogP contribution in [-0.4, -0.2) is 19.9 Å². The second-order valence-electron chi connectivity index (χ2n) is 7.82. The van der Waals surface area contributed by atoms with Gasteiger partial charge in [-0.3, -0.25) is 0 Å². The Hall–Kier alpha value is -3.13. The summed E-state index contributed by atoms with van der Waals surface area (Å²) in [5.74, 6) is -0.404. The van der Waals surface area contributed by atoms with E-state index in [0.29, 0.717) is 5.56 Å². The zero-order chi connectivity index (χ0) is 23.0. The first-order chi connectivity index (χ1) is 15.1. The van der Waals surface area contributed by atoms with Crippen molar-refractivity contribution in [3.8, 4) is 0 Å². The highest BCUT2D eigenvalue weighted by molar-refractivity contribution is 7.91. The Labute approximate surface area is 184 Å². The van der Waals surface area contributed by atoms with E-state index >= 15 is 0 Å². The molecular formula is C24H20F3NO3S. The van der Waals surface area contributed by atoms with Crippen molar-refractivity contribution in [3.63, 3.8) is 0 Å². The van der Waals surface area contributed by atoms with Gasteiger partial charge in [0.05, 0.1) is 16.2 Å². The Kier molecular flexibility index (Phi) is 5.58. The van der Waals surface area contributed by atoms with Crippen molar-refractivity contribution in [2.24, 2.45) is 5.16 Å². The molecule has 4 rings (SSSR count). The SMILES string of the molecule is Cc1ccc(S(=O)(=O)C[C@@]2(c3ccccc3)CC(c3cccc(C(F)(F)F)c3)=NO2)cc1. The van der Waals surface area contributed by atoms with E-state index in [2.05, 4.69) is 5.16 Å². The van der Waals surface area contributed by atoms with Crippen LogP contribution in [0.3, 0.4) is 0 Å². The lowest BCUT2D eigenvalue weighted by Gasteiger charge is -2.27. The third-order valence-electron chi connectivity index (χ3n) is 5.41. The van der Waals surface area contributed by atoms with E-state index in [4.69, 9.17) is 4.84 Å². The fourth-order valence-corrected chi connectivity index (χ4v) is 5.35. The van der Waals surface area contributed by atoms with Crippen LogP contribution in [0.4, 0.5) is 13.2 Å². The molecule has 3 aromatic carbocycles. The van der Waals surface area contributed by atoms with Gasteiger partial charge >= 0.3 is 6.18 Å². The third-order valence-corrected chi connectivity index (χ3v) is 7.25. The maximum atomic E-state index is 13.2. The van der Waals surface area contributed by atoms with Crippen LogP contribution in [0, 0.1) is 6.92 Å². The van der Waals surface area contributed by atoms with Crippen LogP contribution in [0.15, 0.2) is 88.9 Å². The molecule has 1 heterocycles. The third kappa shape index (κ3) is 4.41. The van der Waals surface area contributed by atoms with E-state index in [1.165, 1.54) is 24.3 Å². The average molecular weight is 459 g/mol. The Morgan fingerprint density at radius 3 is 2.31 bits per heavy atom. The minimum Gasteiger partial charge on any atom is -0.383 e. The lowest BCUT2D eigenvalue weighted by atomic mass is 9.88. The highest BCUT2D eigenvalue weighted by Crippen LogP contribution is 2.40. The summed E-state index contributed by atoms with van der Waals surface area (Å²) in [5.41, 5.74) is -0.142. The van der Waals surface area contributed by atoms with Crippen molar-refractivity contribution < 1.29 is 26.4 Å². The molecule has 0 spiro atoms. The van der Waals surface area contributed by atoms with Gasteiger partial charge in [-0.25, -0.2) is 8.42 Å². The van der Waals surface area contributed by atoms with Gasteiger partial charge in [-0.15, -0.1) is 0 Å². The molecule has 0 amide bonds. The molecule has 0 unspecified atom stereocenters. The number of hydrogen-bond acceptors (Lipinski definition) is 4. The fraction of sp³-hybridized carbons (Fsp3) is 0.208. The summed E-state index contributed by atoms with van der Waals surface area (Å²) in [6.07, 6.45) is -4.48. The largest absolute Gasteiger partial charge is 0.416 e. The number of nitrogens with zero attached hydrogens (tertiary/aromatic N) is 1. The van der Waals surface area contributed by atoms with E-state index in [1.54, 1.807) is 42.5 Å². The number of halogens is 3. The van der Waals surface area contributed by atoms with Gasteiger partial charge in [-0.05, 0) is 36.8 Å². The van der Waals surface area contributed by atoms with Crippen LogP contribution in [0.5, 0.6) is 0 Å². The molecular weight excluding hydrogens is 439 g/mol. The number of hydrogen-bond donors (Lipinski definition) is 0. The monoisotopic (exact) mass is 459 g/mol. The molecule has 0 bridgehead atoms. The van der Waals surface area contributed by atoms with Gasteiger partial charge in [0.1, 0.15) is 5.75 Å². The molecule has 0 fully saturated rings. The van der Waals surface area contributed by atoms with Gasteiger partial charge in [0, 0.05) is 12.0 Å². The van der Waals surface area contributed by atoms with Crippen LogP contribution < -0.4 is 0 Å². The normalized spacial score (nSPS) is 18.8. The summed E-state index contributed by atoms with van der Waals surface area (Å²) in [4.78, 5) is 5.88. The molecule has 0 saturated carbocycles. The van der Waals surface area contributed by atoms with Crippen LogP contribution in [0.2, 0.25) is 0 Å². The number of oxime groups is 1. The molecule has 0 aromatic heterocycles. The number of aryl methyl sites for hydroxylation is 1. The first kappa shape index (κ1) is 22.1. The summed E-state index contributed by atoms with van der Waals surface area (Å²) in [6.45, 7) is 1.86. The maximum absolute atomic E-state index is 13.2. The molecule has 0 saturated heterocycles. The van der Waals surface area contributed by atoms with Crippen molar-refractivity contribution in [2.45, 2.75) is 30.0 Å². The van der Waals surface area contributed by atoms with Gasteiger partial charge in [-0.2, -0.15) is 13.2 Å². The zero-order valence-electron chi connectivity index (χ0n) is 17.1. The minimum atomic E-state index is -4.50. The van der Waals surface area contributed by atoms with Crippen molar-refractivity contribution in [1.82, 2.24) is 0 Å². The minimum absolute atomic E-state index is 0.0173. The van der Waals surface area contributed by atoms with Gasteiger partial charge in [0.2, 0.25) is 0 Å². The van der Waals surface area contributed by atoms with E-state index in [-0.39, 0.29) is 22.6 Å². The Balaban J connectivity index is 1.71. The molecule has 0 radical (unpaired) electrons.